The minimum absolute atomic E-state index is 0.000966. The fourth-order valence-corrected chi connectivity index (χ4v) is 8.00. The van der Waals surface area contributed by atoms with Crippen molar-refractivity contribution in [3.63, 3.8) is 0 Å². The molecule has 0 aromatic rings. The van der Waals surface area contributed by atoms with E-state index in [2.05, 4.69) is 32.9 Å². The smallest absolute Gasteiger partial charge is 0.158 e. The molecule has 8 heteroatoms. The third kappa shape index (κ3) is 43.8. The molecule has 0 N–H and O–H groups in total. The number of ether oxygens (including phenoxy) is 5. The van der Waals surface area contributed by atoms with Crippen molar-refractivity contribution >= 4 is 17.3 Å². The molecule has 0 spiro atoms. The van der Waals surface area contributed by atoms with Gasteiger partial charge in [-0.05, 0) is 57.8 Å². The SMILES string of the molecule is CCCCCCCCCC(=O)COCC(COCC(=O)CCCCCCC/C=C/CC(CCCCCC)OC)OCC(=O)CCCCCCCCCCC(CCCCCC)OC. The maximum atomic E-state index is 12.7. The van der Waals surface area contributed by atoms with E-state index in [0.29, 0.717) is 31.5 Å². The summed E-state index contributed by atoms with van der Waals surface area (Å²) in [4.78, 5) is 37.8. The van der Waals surface area contributed by atoms with Crippen molar-refractivity contribution in [1.29, 1.82) is 0 Å². The van der Waals surface area contributed by atoms with Crippen molar-refractivity contribution < 1.29 is 38.1 Å². The van der Waals surface area contributed by atoms with Gasteiger partial charge in [-0.2, -0.15) is 0 Å². The highest BCUT2D eigenvalue weighted by Gasteiger charge is 2.15. The molecule has 8 nitrogen and oxygen atoms in total. The molecular weight excluding hydrogens is 777 g/mol. The van der Waals surface area contributed by atoms with E-state index >= 15 is 0 Å². The summed E-state index contributed by atoms with van der Waals surface area (Å²) in [6.45, 7) is 7.12. The predicted molar refractivity (Wildman–Crippen MR) is 260 cm³/mol. The average molecular weight is 879 g/mol. The van der Waals surface area contributed by atoms with E-state index in [4.69, 9.17) is 23.7 Å². The molecule has 0 radical (unpaired) electrons. The van der Waals surface area contributed by atoms with Crippen molar-refractivity contribution in [2.24, 2.45) is 0 Å². The zero-order valence-corrected chi connectivity index (χ0v) is 41.6. The van der Waals surface area contributed by atoms with E-state index in [9.17, 15) is 14.4 Å². The van der Waals surface area contributed by atoms with Gasteiger partial charge in [0.25, 0.3) is 0 Å². The molecule has 0 aromatic heterocycles. The molecule has 0 aliphatic rings. The van der Waals surface area contributed by atoms with Crippen LogP contribution in [-0.2, 0) is 38.1 Å². The number of unbranched alkanes of at least 4 members (excludes halogenated alkanes) is 24. The van der Waals surface area contributed by atoms with Crippen LogP contribution in [-0.4, -0.2) is 82.9 Å². The number of hydrogen-bond donors (Lipinski definition) is 0. The van der Waals surface area contributed by atoms with Gasteiger partial charge in [0.15, 0.2) is 17.3 Å². The lowest BCUT2D eigenvalue weighted by Crippen LogP contribution is -2.30. The van der Waals surface area contributed by atoms with Gasteiger partial charge in [-0.1, -0.05) is 187 Å². The first-order valence-electron chi connectivity index (χ1n) is 26.4. The molecule has 0 fully saturated rings. The number of Topliss-reactive ketones (excluding diaryl/α,β-unsaturated/α-hetero) is 3. The summed E-state index contributed by atoms with van der Waals surface area (Å²) in [6.07, 6.45) is 45.3. The van der Waals surface area contributed by atoms with Crippen LogP contribution in [0.25, 0.3) is 0 Å². The van der Waals surface area contributed by atoms with Crippen LogP contribution in [0.4, 0.5) is 0 Å². The Kier molecular flexibility index (Phi) is 47.8. The number of carbonyl (C=O) groups is 3. The van der Waals surface area contributed by atoms with Gasteiger partial charge in [-0.15, -0.1) is 0 Å². The first-order chi connectivity index (χ1) is 30.4. The van der Waals surface area contributed by atoms with Crippen molar-refractivity contribution in [3.05, 3.63) is 12.2 Å². The summed E-state index contributed by atoms with van der Waals surface area (Å²) in [5, 5.41) is 0. The van der Waals surface area contributed by atoms with Gasteiger partial charge >= 0.3 is 0 Å². The minimum atomic E-state index is -0.501. The maximum absolute atomic E-state index is 12.7. The van der Waals surface area contributed by atoms with Crippen LogP contribution < -0.4 is 0 Å². The number of hydrogen-bond acceptors (Lipinski definition) is 8. The van der Waals surface area contributed by atoms with E-state index in [0.717, 1.165) is 70.6 Å². The largest absolute Gasteiger partial charge is 0.381 e. The third-order valence-electron chi connectivity index (χ3n) is 12.2. The average Bonchev–Trinajstić information content (AvgIpc) is 3.27. The third-order valence-corrected chi connectivity index (χ3v) is 12.2. The van der Waals surface area contributed by atoms with Crippen molar-refractivity contribution in [2.45, 2.75) is 270 Å². The lowest BCUT2D eigenvalue weighted by Gasteiger charge is -2.18. The molecule has 0 aromatic carbocycles. The first-order valence-corrected chi connectivity index (χ1v) is 26.4. The molecule has 0 amide bonds. The van der Waals surface area contributed by atoms with Gasteiger partial charge < -0.3 is 23.7 Å². The topological polar surface area (TPSA) is 97.4 Å². The summed E-state index contributed by atoms with van der Waals surface area (Å²) < 4.78 is 28.9. The molecule has 0 rings (SSSR count). The minimum Gasteiger partial charge on any atom is -0.381 e. The molecule has 0 saturated carbocycles. The Morgan fingerprint density at radius 3 is 1.18 bits per heavy atom. The molecule has 366 valence electrons. The van der Waals surface area contributed by atoms with E-state index in [1.54, 1.807) is 0 Å². The van der Waals surface area contributed by atoms with Crippen molar-refractivity contribution in [3.8, 4) is 0 Å². The Morgan fingerprint density at radius 2 is 0.742 bits per heavy atom. The van der Waals surface area contributed by atoms with E-state index in [-0.39, 0.29) is 50.4 Å². The Labute approximate surface area is 383 Å². The quantitative estimate of drug-likeness (QED) is 0.0440. The van der Waals surface area contributed by atoms with Gasteiger partial charge in [0.1, 0.15) is 25.9 Å². The Balaban J connectivity index is 4.37. The lowest BCUT2D eigenvalue weighted by atomic mass is 10.0. The second-order valence-electron chi connectivity index (χ2n) is 18.2. The second kappa shape index (κ2) is 49.0. The van der Waals surface area contributed by atoms with E-state index in [1.807, 2.05) is 14.2 Å². The Bertz CT molecular complexity index is 999. The highest BCUT2D eigenvalue weighted by atomic mass is 16.6. The van der Waals surface area contributed by atoms with Crippen LogP contribution >= 0.6 is 0 Å². The maximum Gasteiger partial charge on any atom is 0.158 e. The highest BCUT2D eigenvalue weighted by molar-refractivity contribution is 5.80. The number of carbonyl (C=O) groups excluding carboxylic acids is 3. The number of ketones is 3. The Hall–Kier alpha value is -1.45. The van der Waals surface area contributed by atoms with Crippen molar-refractivity contribution in [2.75, 3.05) is 47.3 Å². The molecule has 3 unspecified atom stereocenters. The van der Waals surface area contributed by atoms with E-state index < -0.39 is 6.10 Å². The number of methoxy groups -OCH3 is 2. The normalized spacial score (nSPS) is 13.2. The van der Waals surface area contributed by atoms with Gasteiger partial charge in [0.05, 0.1) is 25.4 Å². The zero-order valence-electron chi connectivity index (χ0n) is 41.6. The van der Waals surface area contributed by atoms with Crippen molar-refractivity contribution in [1.82, 2.24) is 0 Å². The first kappa shape index (κ1) is 60.5. The van der Waals surface area contributed by atoms with Gasteiger partial charge in [-0.3, -0.25) is 14.4 Å². The number of rotatable bonds is 52. The summed E-state index contributed by atoms with van der Waals surface area (Å²) in [5.41, 5.74) is 0. The summed E-state index contributed by atoms with van der Waals surface area (Å²) in [7, 11) is 3.68. The predicted octanol–water partition coefficient (Wildman–Crippen LogP) is 14.8. The van der Waals surface area contributed by atoms with Crippen LogP contribution in [0.2, 0.25) is 0 Å². The molecular formula is C54H102O8. The molecule has 0 aliphatic carbocycles. The lowest BCUT2D eigenvalue weighted by molar-refractivity contribution is -0.135. The molecule has 0 aliphatic heterocycles. The standard InChI is InChI=1S/C54H102O8/c1-6-9-12-15-20-25-30-37-49(55)44-60-47-54(62-46-51(57)39-32-27-22-17-19-24-29-36-43-53(59-5)41-34-14-11-8-3)48-61-45-50(56)38-31-26-21-16-18-23-28-35-42-52(58-4)40-33-13-10-7-2/h28,35,52-54H,6-27,29-34,36-48H2,1-5H3/b35-28+. The molecule has 3 atom stereocenters. The van der Waals surface area contributed by atoms with Crippen LogP contribution in [0, 0.1) is 0 Å². The second-order valence-corrected chi connectivity index (χ2v) is 18.2. The molecule has 62 heavy (non-hydrogen) atoms. The van der Waals surface area contributed by atoms with Crippen LogP contribution in [0.3, 0.4) is 0 Å². The monoisotopic (exact) mass is 879 g/mol. The summed E-state index contributed by atoms with van der Waals surface area (Å²) >= 11 is 0. The fraction of sp³-hybridized carbons (Fsp3) is 0.907. The summed E-state index contributed by atoms with van der Waals surface area (Å²) in [6, 6.07) is 0. The highest BCUT2D eigenvalue weighted by Crippen LogP contribution is 2.17. The zero-order chi connectivity index (χ0) is 45.4. The summed E-state index contributed by atoms with van der Waals surface area (Å²) in [5.74, 6) is 0.258. The Morgan fingerprint density at radius 1 is 0.387 bits per heavy atom. The van der Waals surface area contributed by atoms with Gasteiger partial charge in [-0.25, -0.2) is 0 Å². The van der Waals surface area contributed by atoms with Crippen LogP contribution in [0.5, 0.6) is 0 Å². The molecule has 0 heterocycles. The fourth-order valence-electron chi connectivity index (χ4n) is 8.00. The van der Waals surface area contributed by atoms with Gasteiger partial charge in [0.2, 0.25) is 0 Å². The van der Waals surface area contributed by atoms with Gasteiger partial charge in [0, 0.05) is 33.5 Å². The molecule has 0 saturated heterocycles. The van der Waals surface area contributed by atoms with Crippen LogP contribution in [0.15, 0.2) is 12.2 Å². The van der Waals surface area contributed by atoms with Crippen LogP contribution in [0.1, 0.15) is 252 Å². The van der Waals surface area contributed by atoms with E-state index in [1.165, 1.54) is 141 Å². The molecule has 0 bridgehead atoms. The number of allylic oxidation sites excluding steroid dienone is 1.